The molecule has 0 saturated carbocycles. The Morgan fingerprint density at radius 1 is 1.45 bits per heavy atom. The van der Waals surface area contributed by atoms with E-state index >= 15 is 0 Å². The summed E-state index contributed by atoms with van der Waals surface area (Å²) in [6.07, 6.45) is 0.451. The molecule has 1 aromatic heterocycles. The molecule has 6 nitrogen and oxygen atoms in total. The van der Waals surface area contributed by atoms with Crippen LogP contribution in [0.5, 0.6) is 5.88 Å². The van der Waals surface area contributed by atoms with Gasteiger partial charge in [-0.3, -0.25) is 0 Å². The van der Waals surface area contributed by atoms with E-state index in [0.29, 0.717) is 6.42 Å². The van der Waals surface area contributed by atoms with Crippen molar-refractivity contribution in [1.82, 2.24) is 9.78 Å². The number of nitrogens with zero attached hydrogens (tertiary/aromatic N) is 2. The van der Waals surface area contributed by atoms with Crippen LogP contribution in [0.2, 0.25) is 0 Å². The van der Waals surface area contributed by atoms with E-state index in [1.54, 1.807) is 19.9 Å². The number of carboxylic acids is 1. The summed E-state index contributed by atoms with van der Waals surface area (Å²) < 4.78 is 20.4. The molecule has 22 heavy (non-hydrogen) atoms. The summed E-state index contributed by atoms with van der Waals surface area (Å²) in [5.41, 5.74) is -1.27. The smallest absolute Gasteiger partial charge is 0.356 e. The Kier molecular flexibility index (Phi) is 4.46. The highest BCUT2D eigenvalue weighted by Gasteiger charge is 2.22. The molecule has 118 valence electrons. The van der Waals surface area contributed by atoms with E-state index < -0.39 is 17.4 Å². The predicted octanol–water partition coefficient (Wildman–Crippen LogP) is 2.25. The molecular formula is C15H17FN2O4. The number of carbonyl (C=O) groups is 1. The third-order valence-electron chi connectivity index (χ3n) is 3.27. The number of halogens is 1. The number of hydrogen-bond acceptors (Lipinski definition) is 4. The molecule has 1 aromatic carbocycles. The molecule has 0 aliphatic heterocycles. The molecule has 2 rings (SSSR count). The highest BCUT2D eigenvalue weighted by atomic mass is 19.1. The van der Waals surface area contributed by atoms with Crippen LogP contribution in [0.1, 0.15) is 30.8 Å². The lowest BCUT2D eigenvalue weighted by Crippen LogP contribution is -2.31. The SMILES string of the molecule is CCC(C)(O)COc1cc(C(=O)O)nn1-c1ccccc1F. The van der Waals surface area contributed by atoms with Crippen LogP contribution in [0.15, 0.2) is 30.3 Å². The van der Waals surface area contributed by atoms with Gasteiger partial charge in [-0.1, -0.05) is 19.1 Å². The molecule has 2 aromatic rings. The summed E-state index contributed by atoms with van der Waals surface area (Å²) in [5.74, 6) is -1.76. The molecule has 1 heterocycles. The maximum atomic E-state index is 13.9. The first-order chi connectivity index (χ1) is 10.3. The molecule has 0 fully saturated rings. The number of para-hydroxylation sites is 1. The zero-order valence-electron chi connectivity index (χ0n) is 12.3. The van der Waals surface area contributed by atoms with Gasteiger partial charge in [0.25, 0.3) is 0 Å². The van der Waals surface area contributed by atoms with E-state index in [-0.39, 0.29) is 23.9 Å². The second kappa shape index (κ2) is 6.15. The minimum absolute atomic E-state index is 0.0521. The first kappa shape index (κ1) is 16.0. The molecule has 0 spiro atoms. The van der Waals surface area contributed by atoms with Crippen LogP contribution >= 0.6 is 0 Å². The molecule has 2 N–H and O–H groups in total. The summed E-state index contributed by atoms with van der Waals surface area (Å²) in [7, 11) is 0. The fourth-order valence-corrected chi connectivity index (χ4v) is 1.70. The monoisotopic (exact) mass is 308 g/mol. The Bertz CT molecular complexity index is 682. The van der Waals surface area contributed by atoms with Gasteiger partial charge in [0.05, 0.1) is 5.60 Å². The highest BCUT2D eigenvalue weighted by Crippen LogP contribution is 2.23. The van der Waals surface area contributed by atoms with Gasteiger partial charge in [-0.25, -0.2) is 9.18 Å². The lowest BCUT2D eigenvalue weighted by atomic mass is 10.1. The van der Waals surface area contributed by atoms with Crippen molar-refractivity contribution in [3.05, 3.63) is 41.8 Å². The molecule has 0 saturated heterocycles. The van der Waals surface area contributed by atoms with Crippen molar-refractivity contribution in [1.29, 1.82) is 0 Å². The molecule has 0 bridgehead atoms. The second-order valence-corrected chi connectivity index (χ2v) is 5.18. The molecule has 0 amide bonds. The lowest BCUT2D eigenvalue weighted by molar-refractivity contribution is 0.00621. The number of carboxylic acid groups (broad SMARTS) is 1. The third kappa shape index (κ3) is 3.43. The van der Waals surface area contributed by atoms with Crippen LogP contribution < -0.4 is 4.74 Å². The first-order valence-electron chi connectivity index (χ1n) is 6.77. The number of ether oxygens (including phenoxy) is 1. The van der Waals surface area contributed by atoms with Crippen molar-refractivity contribution < 1.29 is 24.1 Å². The van der Waals surface area contributed by atoms with Gasteiger partial charge in [-0.2, -0.15) is 9.78 Å². The summed E-state index contributed by atoms with van der Waals surface area (Å²) in [5, 5.41) is 22.8. The van der Waals surface area contributed by atoms with Crippen molar-refractivity contribution >= 4 is 5.97 Å². The fraction of sp³-hybridized carbons (Fsp3) is 0.333. The molecular weight excluding hydrogens is 291 g/mol. The second-order valence-electron chi connectivity index (χ2n) is 5.18. The maximum absolute atomic E-state index is 13.9. The summed E-state index contributed by atoms with van der Waals surface area (Å²) in [6.45, 7) is 3.32. The predicted molar refractivity (Wildman–Crippen MR) is 76.9 cm³/mol. The van der Waals surface area contributed by atoms with Crippen LogP contribution in [0.4, 0.5) is 4.39 Å². The van der Waals surface area contributed by atoms with E-state index in [4.69, 9.17) is 9.84 Å². The quantitative estimate of drug-likeness (QED) is 0.855. The van der Waals surface area contributed by atoms with Gasteiger partial charge >= 0.3 is 5.97 Å². The largest absolute Gasteiger partial charge is 0.476 e. The average Bonchev–Trinajstić information content (AvgIpc) is 2.90. The molecule has 7 heteroatoms. The van der Waals surface area contributed by atoms with Crippen molar-refractivity contribution in [2.24, 2.45) is 0 Å². The summed E-state index contributed by atoms with van der Waals surface area (Å²) in [6, 6.07) is 7.01. The molecule has 0 aliphatic rings. The Labute approximate surface area is 126 Å². The van der Waals surface area contributed by atoms with E-state index in [1.807, 2.05) is 0 Å². The van der Waals surface area contributed by atoms with Crippen LogP contribution in [-0.4, -0.2) is 38.2 Å². The number of aromatic nitrogens is 2. The number of aliphatic hydroxyl groups is 1. The van der Waals surface area contributed by atoms with Crippen LogP contribution in [-0.2, 0) is 0 Å². The van der Waals surface area contributed by atoms with Gasteiger partial charge in [-0.15, -0.1) is 0 Å². The van der Waals surface area contributed by atoms with Gasteiger partial charge < -0.3 is 14.9 Å². The molecule has 0 radical (unpaired) electrons. The van der Waals surface area contributed by atoms with Gasteiger partial charge in [0, 0.05) is 6.07 Å². The topological polar surface area (TPSA) is 84.6 Å². The van der Waals surface area contributed by atoms with Crippen LogP contribution in [0.25, 0.3) is 5.69 Å². The Balaban J connectivity index is 2.40. The van der Waals surface area contributed by atoms with E-state index in [9.17, 15) is 14.3 Å². The number of hydrogen-bond donors (Lipinski definition) is 2. The highest BCUT2D eigenvalue weighted by molar-refractivity contribution is 5.85. The number of aromatic carboxylic acids is 1. The average molecular weight is 308 g/mol. The van der Waals surface area contributed by atoms with E-state index in [1.165, 1.54) is 24.3 Å². The van der Waals surface area contributed by atoms with Crippen molar-refractivity contribution in [3.8, 4) is 11.6 Å². The van der Waals surface area contributed by atoms with Crippen LogP contribution in [0, 0.1) is 5.82 Å². The van der Waals surface area contributed by atoms with Crippen LogP contribution in [0.3, 0.4) is 0 Å². The van der Waals surface area contributed by atoms with E-state index in [0.717, 1.165) is 4.68 Å². The molecule has 1 atom stereocenters. The van der Waals surface area contributed by atoms with Crippen molar-refractivity contribution in [2.75, 3.05) is 6.61 Å². The minimum atomic E-state index is -1.25. The van der Waals surface area contributed by atoms with E-state index in [2.05, 4.69) is 5.10 Å². The maximum Gasteiger partial charge on any atom is 0.356 e. The number of rotatable bonds is 6. The zero-order valence-corrected chi connectivity index (χ0v) is 12.3. The molecule has 1 unspecified atom stereocenters. The first-order valence-corrected chi connectivity index (χ1v) is 6.77. The van der Waals surface area contributed by atoms with Gasteiger partial charge in [-0.05, 0) is 25.5 Å². The lowest BCUT2D eigenvalue weighted by Gasteiger charge is -2.21. The Morgan fingerprint density at radius 3 is 2.73 bits per heavy atom. The normalized spacial score (nSPS) is 13.6. The van der Waals surface area contributed by atoms with Crippen molar-refractivity contribution in [3.63, 3.8) is 0 Å². The van der Waals surface area contributed by atoms with Gasteiger partial charge in [0.1, 0.15) is 18.1 Å². The van der Waals surface area contributed by atoms with Crippen molar-refractivity contribution in [2.45, 2.75) is 25.9 Å². The summed E-state index contributed by atoms with van der Waals surface area (Å²) >= 11 is 0. The Morgan fingerprint density at radius 2 is 2.14 bits per heavy atom. The van der Waals surface area contributed by atoms with Gasteiger partial charge in [0.2, 0.25) is 5.88 Å². The molecule has 0 aliphatic carbocycles. The standard InChI is InChI=1S/C15H17FN2O4/c1-3-15(2,21)9-22-13-8-11(14(19)20)17-18(13)12-7-5-4-6-10(12)16/h4-8,21H,3,9H2,1-2H3,(H,19,20). The minimum Gasteiger partial charge on any atom is -0.476 e. The Hall–Kier alpha value is -2.41. The fourth-order valence-electron chi connectivity index (χ4n) is 1.70. The number of benzene rings is 1. The summed E-state index contributed by atoms with van der Waals surface area (Å²) in [4.78, 5) is 11.1. The third-order valence-corrected chi connectivity index (χ3v) is 3.27. The van der Waals surface area contributed by atoms with Gasteiger partial charge in [0.15, 0.2) is 5.69 Å². The zero-order chi connectivity index (χ0) is 16.3.